The lowest BCUT2D eigenvalue weighted by Gasteiger charge is -2.12. The summed E-state index contributed by atoms with van der Waals surface area (Å²) in [6.45, 7) is 2.82. The van der Waals surface area contributed by atoms with Gasteiger partial charge in [0.25, 0.3) is 0 Å². The van der Waals surface area contributed by atoms with Crippen molar-refractivity contribution in [3.05, 3.63) is 21.7 Å². The fourth-order valence-electron chi connectivity index (χ4n) is 1.88. The Morgan fingerprint density at radius 2 is 2.42 bits per heavy atom. The van der Waals surface area contributed by atoms with Gasteiger partial charge in [0.2, 0.25) is 5.88 Å². The van der Waals surface area contributed by atoms with Crippen LogP contribution in [0.1, 0.15) is 23.7 Å². The maximum absolute atomic E-state index is 9.25. The SMILES string of the molecule is COc1c(C(C#N)NCCCN=[N+]=[N-])c(C)nn1C. The molecule has 0 spiro atoms. The predicted molar refractivity (Wildman–Crippen MR) is 69.5 cm³/mol. The Hall–Kier alpha value is -2.23. The Bertz CT molecular complexity index is 510. The molecule has 1 aromatic heterocycles. The number of aromatic nitrogens is 2. The van der Waals surface area contributed by atoms with Crippen molar-refractivity contribution in [3.8, 4) is 11.9 Å². The summed E-state index contributed by atoms with van der Waals surface area (Å²) in [4.78, 5) is 2.67. The van der Waals surface area contributed by atoms with E-state index in [2.05, 4.69) is 26.5 Å². The zero-order chi connectivity index (χ0) is 14.3. The van der Waals surface area contributed by atoms with Gasteiger partial charge in [-0.1, -0.05) is 5.11 Å². The van der Waals surface area contributed by atoms with Gasteiger partial charge in [-0.25, -0.2) is 4.68 Å². The van der Waals surface area contributed by atoms with Gasteiger partial charge in [-0.15, -0.1) is 0 Å². The average Bonchev–Trinajstić information content (AvgIpc) is 2.68. The highest BCUT2D eigenvalue weighted by atomic mass is 16.5. The lowest BCUT2D eigenvalue weighted by molar-refractivity contribution is 0.366. The van der Waals surface area contributed by atoms with E-state index in [0.717, 1.165) is 11.3 Å². The van der Waals surface area contributed by atoms with E-state index in [0.29, 0.717) is 25.4 Å². The van der Waals surface area contributed by atoms with Crippen molar-refractivity contribution < 1.29 is 4.74 Å². The molecule has 0 saturated heterocycles. The van der Waals surface area contributed by atoms with Crippen molar-refractivity contribution in [1.29, 1.82) is 5.26 Å². The quantitative estimate of drug-likeness (QED) is 0.348. The van der Waals surface area contributed by atoms with Crippen molar-refractivity contribution >= 4 is 0 Å². The Kier molecular flexibility index (Phi) is 5.67. The molecular weight excluding hydrogens is 246 g/mol. The van der Waals surface area contributed by atoms with Crippen LogP contribution in [0.15, 0.2) is 5.11 Å². The normalized spacial score (nSPS) is 11.5. The molecule has 8 nitrogen and oxygen atoms in total. The number of hydrogen-bond acceptors (Lipinski definition) is 5. The third-order valence-corrected chi connectivity index (χ3v) is 2.67. The van der Waals surface area contributed by atoms with Crippen LogP contribution in [0.4, 0.5) is 0 Å². The van der Waals surface area contributed by atoms with Crippen molar-refractivity contribution in [3.63, 3.8) is 0 Å². The molecule has 0 bridgehead atoms. The molecule has 1 heterocycles. The third kappa shape index (κ3) is 3.61. The molecule has 0 radical (unpaired) electrons. The molecule has 1 atom stereocenters. The Morgan fingerprint density at radius 1 is 1.68 bits per heavy atom. The van der Waals surface area contributed by atoms with E-state index in [-0.39, 0.29) is 0 Å². The molecule has 1 unspecified atom stereocenters. The predicted octanol–water partition coefficient (Wildman–Crippen LogP) is 1.59. The van der Waals surface area contributed by atoms with Crippen LogP contribution in [0.25, 0.3) is 10.4 Å². The Morgan fingerprint density at radius 3 is 3.00 bits per heavy atom. The molecule has 0 amide bonds. The molecule has 0 fully saturated rings. The monoisotopic (exact) mass is 263 g/mol. The highest BCUT2D eigenvalue weighted by Gasteiger charge is 2.22. The minimum Gasteiger partial charge on any atom is -0.481 e. The summed E-state index contributed by atoms with van der Waals surface area (Å²) in [6.07, 6.45) is 0.671. The van der Waals surface area contributed by atoms with E-state index in [4.69, 9.17) is 10.3 Å². The molecule has 102 valence electrons. The third-order valence-electron chi connectivity index (χ3n) is 2.67. The number of azide groups is 1. The summed E-state index contributed by atoms with van der Waals surface area (Å²) in [6, 6.07) is 1.70. The first-order valence-corrected chi connectivity index (χ1v) is 5.87. The molecule has 1 N–H and O–H groups in total. The zero-order valence-electron chi connectivity index (χ0n) is 11.3. The lowest BCUT2D eigenvalue weighted by Crippen LogP contribution is -2.22. The van der Waals surface area contributed by atoms with Gasteiger partial charge in [0.1, 0.15) is 6.04 Å². The van der Waals surface area contributed by atoms with Gasteiger partial charge in [-0.3, -0.25) is 5.32 Å². The van der Waals surface area contributed by atoms with Crippen molar-refractivity contribution in [2.24, 2.45) is 12.2 Å². The van der Waals surface area contributed by atoms with Gasteiger partial charge in [-0.2, -0.15) is 10.4 Å². The molecule has 0 aliphatic carbocycles. The average molecular weight is 263 g/mol. The molecule has 0 aliphatic heterocycles. The Labute approximate surface area is 111 Å². The molecule has 0 aliphatic rings. The number of aryl methyl sites for hydroxylation is 2. The molecule has 1 rings (SSSR count). The number of methoxy groups -OCH3 is 1. The van der Waals surface area contributed by atoms with Gasteiger partial charge in [-0.05, 0) is 25.4 Å². The zero-order valence-corrected chi connectivity index (χ0v) is 11.3. The second kappa shape index (κ2) is 7.26. The smallest absolute Gasteiger partial charge is 0.217 e. The minimum atomic E-state index is -0.491. The van der Waals surface area contributed by atoms with Crippen molar-refractivity contribution in [2.75, 3.05) is 20.2 Å². The molecule has 1 aromatic rings. The van der Waals surface area contributed by atoms with Crippen molar-refractivity contribution in [1.82, 2.24) is 15.1 Å². The fraction of sp³-hybridized carbons (Fsp3) is 0.636. The van der Waals surface area contributed by atoms with E-state index >= 15 is 0 Å². The van der Waals surface area contributed by atoms with E-state index < -0.39 is 6.04 Å². The van der Waals surface area contributed by atoms with Crippen LogP contribution in [-0.2, 0) is 7.05 Å². The van der Waals surface area contributed by atoms with Crippen molar-refractivity contribution in [2.45, 2.75) is 19.4 Å². The first-order valence-electron chi connectivity index (χ1n) is 5.87. The highest BCUT2D eigenvalue weighted by molar-refractivity contribution is 5.37. The summed E-state index contributed by atoms with van der Waals surface area (Å²) in [7, 11) is 3.32. The maximum Gasteiger partial charge on any atom is 0.217 e. The van der Waals surface area contributed by atoms with Crippen LogP contribution in [0.5, 0.6) is 5.88 Å². The van der Waals surface area contributed by atoms with Crippen LogP contribution in [0.2, 0.25) is 0 Å². The molecular formula is C11H17N7O. The Balaban J connectivity index is 2.75. The molecule has 0 aromatic carbocycles. The molecule has 19 heavy (non-hydrogen) atoms. The summed E-state index contributed by atoms with van der Waals surface area (Å²) in [5.74, 6) is 0.576. The second-order valence-corrected chi connectivity index (χ2v) is 3.96. The summed E-state index contributed by atoms with van der Waals surface area (Å²) >= 11 is 0. The van der Waals surface area contributed by atoms with Gasteiger partial charge in [0, 0.05) is 18.5 Å². The number of ether oxygens (including phenoxy) is 1. The van der Waals surface area contributed by atoms with E-state index in [9.17, 15) is 5.26 Å². The fourth-order valence-corrected chi connectivity index (χ4v) is 1.88. The topological polar surface area (TPSA) is 112 Å². The van der Waals surface area contributed by atoms with Crippen LogP contribution < -0.4 is 10.1 Å². The van der Waals surface area contributed by atoms with Gasteiger partial charge in [0.05, 0.1) is 24.4 Å². The molecule has 8 heteroatoms. The van der Waals surface area contributed by atoms with Gasteiger partial charge < -0.3 is 4.74 Å². The molecule has 0 saturated carbocycles. The lowest BCUT2D eigenvalue weighted by atomic mass is 10.1. The van der Waals surface area contributed by atoms with Crippen LogP contribution in [0.3, 0.4) is 0 Å². The summed E-state index contributed by atoms with van der Waals surface area (Å²) in [5, 5.41) is 20.0. The van der Waals surface area contributed by atoms with Crippen LogP contribution in [-0.4, -0.2) is 30.0 Å². The standard InChI is InChI=1S/C11H17N7O/c1-8-10(11(19-3)18(2)16-8)9(7-12)14-5-4-6-15-17-13/h9,14H,4-6H2,1-3H3. The number of nitrogens with one attached hydrogen (secondary N) is 1. The number of rotatable bonds is 7. The summed E-state index contributed by atoms with van der Waals surface area (Å²) in [5.41, 5.74) is 9.67. The van der Waals surface area contributed by atoms with E-state index in [1.165, 1.54) is 0 Å². The summed E-state index contributed by atoms with van der Waals surface area (Å²) < 4.78 is 6.88. The number of hydrogen-bond donors (Lipinski definition) is 1. The first-order chi connectivity index (χ1) is 9.15. The van der Waals surface area contributed by atoms with Gasteiger partial charge >= 0.3 is 0 Å². The highest BCUT2D eigenvalue weighted by Crippen LogP contribution is 2.27. The first kappa shape index (κ1) is 14.8. The maximum atomic E-state index is 9.25. The number of nitriles is 1. The van der Waals surface area contributed by atoms with E-state index in [1.807, 2.05) is 6.92 Å². The second-order valence-electron chi connectivity index (χ2n) is 3.96. The van der Waals surface area contributed by atoms with Gasteiger partial charge in [0.15, 0.2) is 0 Å². The van der Waals surface area contributed by atoms with Crippen LogP contribution >= 0.6 is 0 Å². The largest absolute Gasteiger partial charge is 0.481 e. The minimum absolute atomic E-state index is 0.408. The van der Waals surface area contributed by atoms with E-state index in [1.54, 1.807) is 18.8 Å². The number of nitrogens with zero attached hydrogens (tertiary/aromatic N) is 6. The van der Waals surface area contributed by atoms with Crippen LogP contribution in [0, 0.1) is 18.3 Å².